The van der Waals surface area contributed by atoms with E-state index in [0.29, 0.717) is 0 Å². The summed E-state index contributed by atoms with van der Waals surface area (Å²) in [4.78, 5) is 0. The van der Waals surface area contributed by atoms with Gasteiger partial charge in [0.2, 0.25) is 0 Å². The van der Waals surface area contributed by atoms with Gasteiger partial charge in [0.15, 0.2) is 16.6 Å². The molecule has 0 unspecified atom stereocenters. The fourth-order valence-electron chi connectivity index (χ4n) is 3.04. The number of hydrogen-bond donors (Lipinski definition) is 0. The minimum absolute atomic E-state index is 0.729. The molecule has 0 N–H and O–H groups in total. The summed E-state index contributed by atoms with van der Waals surface area (Å²) in [7, 11) is -4.41. The Morgan fingerprint density at radius 1 is 0.727 bits per heavy atom. The first-order chi connectivity index (χ1) is 10.4. The predicted octanol–water partition coefficient (Wildman–Crippen LogP) is 5.80. The second-order valence-electron chi connectivity index (χ2n) is 6.07. The average molecular weight is 363 g/mol. The Hall–Kier alpha value is 0.271. The molecule has 3 nitrogen and oxygen atoms in total. The summed E-state index contributed by atoms with van der Waals surface area (Å²) in [5.74, 6) is 0. The van der Waals surface area contributed by atoms with Gasteiger partial charge in [0.05, 0.1) is 0 Å². The molecule has 0 bridgehead atoms. The highest BCUT2D eigenvalue weighted by Crippen LogP contribution is 2.34. The van der Waals surface area contributed by atoms with E-state index >= 15 is 0 Å². The van der Waals surface area contributed by atoms with Crippen LogP contribution in [-0.4, -0.2) is 32.5 Å². The van der Waals surface area contributed by atoms with Gasteiger partial charge in [-0.3, -0.25) is 0 Å². The molecule has 132 valence electrons. The van der Waals surface area contributed by atoms with Crippen LogP contribution in [0.25, 0.3) is 0 Å². The van der Waals surface area contributed by atoms with Crippen molar-refractivity contribution in [3.63, 3.8) is 0 Å². The smallest absolute Gasteiger partial charge is 0.415 e. The molecule has 0 aliphatic carbocycles. The van der Waals surface area contributed by atoms with Crippen molar-refractivity contribution >= 4 is 25.4 Å². The zero-order valence-electron chi connectivity index (χ0n) is 16.0. The highest BCUT2D eigenvalue weighted by atomic mass is 28.5. The molecule has 6 heteroatoms. The maximum Gasteiger partial charge on any atom is 0.483 e. The van der Waals surface area contributed by atoms with E-state index in [1.165, 1.54) is 0 Å². The minimum Gasteiger partial charge on any atom is -0.415 e. The zero-order valence-corrected chi connectivity index (χ0v) is 19.0. The third-order valence-corrected chi connectivity index (χ3v) is 20.4. The fourth-order valence-corrected chi connectivity index (χ4v) is 17.2. The molecule has 0 rings (SSSR count). The lowest BCUT2D eigenvalue weighted by Gasteiger charge is -2.43. The molecule has 0 aliphatic heterocycles. The van der Waals surface area contributed by atoms with Gasteiger partial charge in [0.1, 0.15) is 0 Å². The topological polar surface area (TPSA) is 27.7 Å². The molecular weight excluding hydrogens is 324 g/mol. The van der Waals surface area contributed by atoms with Crippen molar-refractivity contribution in [1.82, 2.24) is 0 Å². The summed E-state index contributed by atoms with van der Waals surface area (Å²) in [6.45, 7) is 17.5. The highest BCUT2D eigenvalue weighted by Gasteiger charge is 2.50. The summed E-state index contributed by atoms with van der Waals surface area (Å²) in [6, 6.07) is 7.46. The van der Waals surface area contributed by atoms with Crippen molar-refractivity contribution < 1.29 is 12.7 Å². The van der Waals surface area contributed by atoms with Crippen molar-refractivity contribution in [3.05, 3.63) is 12.7 Å². The maximum absolute atomic E-state index is 6.82. The van der Waals surface area contributed by atoms with E-state index < -0.39 is 25.4 Å². The second-order valence-corrected chi connectivity index (χ2v) is 18.9. The van der Waals surface area contributed by atoms with Crippen LogP contribution in [0.5, 0.6) is 0 Å². The lowest BCUT2D eigenvalue weighted by atomic mass is 10.8. The standard InChI is InChI=1S/C16H38O3Si3/c1-9-16-22(17-8,18-20(10-2,11-3)12-4)19-21(13-5,14-6)15-7/h9H,1,10-16H2,2-8H3. The Labute approximate surface area is 142 Å². The molecule has 0 amide bonds. The first-order valence-electron chi connectivity index (χ1n) is 8.96. The summed E-state index contributed by atoms with van der Waals surface area (Å²) in [5, 5.41) is 0. The van der Waals surface area contributed by atoms with Gasteiger partial charge in [0, 0.05) is 13.2 Å². The molecule has 22 heavy (non-hydrogen) atoms. The van der Waals surface area contributed by atoms with Crippen LogP contribution in [-0.2, 0) is 12.7 Å². The molecule has 0 aromatic carbocycles. The van der Waals surface area contributed by atoms with Crippen LogP contribution in [0.2, 0.25) is 42.3 Å². The molecule has 0 fully saturated rings. The molecule has 0 aliphatic rings. The first-order valence-corrected chi connectivity index (χ1v) is 16.0. The normalized spacial score (nSPS) is 13.4. The van der Waals surface area contributed by atoms with Gasteiger partial charge in [0.25, 0.3) is 0 Å². The Bertz CT molecular complexity index is 277. The number of hydrogen-bond acceptors (Lipinski definition) is 3. The molecule has 0 saturated carbocycles. The lowest BCUT2D eigenvalue weighted by molar-refractivity contribution is 0.197. The summed E-state index contributed by atoms with van der Waals surface area (Å²) in [6.07, 6.45) is 1.93. The molecule has 0 aromatic heterocycles. The lowest BCUT2D eigenvalue weighted by Crippen LogP contribution is -2.59. The SMILES string of the molecule is C=CC[Si](OC)(O[Si](CC)(CC)CC)O[Si](CC)(CC)CC. The Balaban J connectivity index is 5.60. The van der Waals surface area contributed by atoms with Crippen molar-refractivity contribution in [2.45, 2.75) is 83.9 Å². The van der Waals surface area contributed by atoms with E-state index in [0.717, 1.165) is 42.3 Å². The Morgan fingerprint density at radius 3 is 1.23 bits per heavy atom. The van der Waals surface area contributed by atoms with Gasteiger partial charge >= 0.3 is 8.80 Å². The Kier molecular flexibility index (Phi) is 10.3. The summed E-state index contributed by atoms with van der Waals surface area (Å²) in [5.41, 5.74) is 0. The van der Waals surface area contributed by atoms with Crippen LogP contribution in [0.4, 0.5) is 0 Å². The molecular formula is C16H38O3Si3. The maximum atomic E-state index is 6.82. The van der Waals surface area contributed by atoms with Crippen molar-refractivity contribution in [2.75, 3.05) is 7.11 Å². The van der Waals surface area contributed by atoms with Crippen LogP contribution >= 0.6 is 0 Å². The van der Waals surface area contributed by atoms with Gasteiger partial charge in [-0.25, -0.2) is 0 Å². The molecule has 0 spiro atoms. The monoisotopic (exact) mass is 362 g/mol. The average Bonchev–Trinajstić information content (AvgIpc) is 2.58. The quantitative estimate of drug-likeness (QED) is 0.306. The molecule has 0 radical (unpaired) electrons. The Morgan fingerprint density at radius 2 is 1.05 bits per heavy atom. The second kappa shape index (κ2) is 10.2. The highest BCUT2D eigenvalue weighted by molar-refractivity contribution is 6.88. The van der Waals surface area contributed by atoms with Gasteiger partial charge in [-0.2, -0.15) is 0 Å². The molecule has 0 heterocycles. The van der Waals surface area contributed by atoms with E-state index in [2.05, 4.69) is 48.1 Å². The summed E-state index contributed by atoms with van der Waals surface area (Å²) >= 11 is 0. The summed E-state index contributed by atoms with van der Waals surface area (Å²) < 4.78 is 19.6. The van der Waals surface area contributed by atoms with Gasteiger partial charge < -0.3 is 12.7 Å². The van der Waals surface area contributed by atoms with Crippen LogP contribution < -0.4 is 0 Å². The number of rotatable bonds is 13. The van der Waals surface area contributed by atoms with Gasteiger partial charge in [-0.1, -0.05) is 47.6 Å². The third kappa shape index (κ3) is 5.42. The van der Waals surface area contributed by atoms with Crippen molar-refractivity contribution in [2.24, 2.45) is 0 Å². The van der Waals surface area contributed by atoms with Gasteiger partial charge in [-0.15, -0.1) is 6.58 Å². The molecule has 0 saturated heterocycles. The third-order valence-electron chi connectivity index (χ3n) is 5.32. The van der Waals surface area contributed by atoms with E-state index in [1.807, 2.05) is 6.08 Å². The van der Waals surface area contributed by atoms with E-state index in [9.17, 15) is 0 Å². The largest absolute Gasteiger partial charge is 0.483 e. The van der Waals surface area contributed by atoms with Crippen LogP contribution in [0.1, 0.15) is 41.5 Å². The fraction of sp³-hybridized carbons (Fsp3) is 0.875. The van der Waals surface area contributed by atoms with Crippen molar-refractivity contribution in [3.8, 4) is 0 Å². The molecule has 0 aromatic rings. The molecule has 0 atom stereocenters. The van der Waals surface area contributed by atoms with E-state index in [4.69, 9.17) is 12.7 Å². The van der Waals surface area contributed by atoms with E-state index in [-0.39, 0.29) is 0 Å². The van der Waals surface area contributed by atoms with Crippen LogP contribution in [0.3, 0.4) is 0 Å². The van der Waals surface area contributed by atoms with Crippen molar-refractivity contribution in [1.29, 1.82) is 0 Å². The number of allylic oxidation sites excluding steroid dienone is 1. The predicted molar refractivity (Wildman–Crippen MR) is 104 cm³/mol. The van der Waals surface area contributed by atoms with Crippen LogP contribution in [0.15, 0.2) is 12.7 Å². The minimum atomic E-state index is -2.66. The van der Waals surface area contributed by atoms with Crippen LogP contribution in [0, 0.1) is 0 Å². The van der Waals surface area contributed by atoms with E-state index in [1.54, 1.807) is 7.11 Å². The zero-order chi connectivity index (χ0) is 17.3. The first kappa shape index (κ1) is 22.3. The van der Waals surface area contributed by atoms with Gasteiger partial charge in [-0.05, 0) is 36.3 Å².